The minimum atomic E-state index is -0.492. The number of nitrogens with one attached hydrogen (secondary N) is 1. The van der Waals surface area contributed by atoms with E-state index < -0.39 is 17.1 Å². The lowest BCUT2D eigenvalue weighted by atomic mass is 9.80. The van der Waals surface area contributed by atoms with Crippen molar-refractivity contribution in [2.75, 3.05) is 23.8 Å². The van der Waals surface area contributed by atoms with Crippen LogP contribution in [0.5, 0.6) is 0 Å². The molecule has 2 aliphatic heterocycles. The first kappa shape index (κ1) is 24.4. The summed E-state index contributed by atoms with van der Waals surface area (Å²) in [5.74, 6) is -0.598. The molecule has 0 radical (unpaired) electrons. The van der Waals surface area contributed by atoms with E-state index in [1.165, 1.54) is 0 Å². The Hall–Kier alpha value is -2.77. The summed E-state index contributed by atoms with van der Waals surface area (Å²) in [7, 11) is 2.06. The van der Waals surface area contributed by atoms with Gasteiger partial charge in [-0.3, -0.25) is 19.3 Å². The molecule has 2 aromatic carbocycles. The quantitative estimate of drug-likeness (QED) is 0.521. The van der Waals surface area contributed by atoms with E-state index in [9.17, 15) is 14.4 Å². The summed E-state index contributed by atoms with van der Waals surface area (Å²) in [6.45, 7) is 8.21. The van der Waals surface area contributed by atoms with Gasteiger partial charge in [0, 0.05) is 29.0 Å². The summed E-state index contributed by atoms with van der Waals surface area (Å²) >= 11 is 7.42. The third-order valence-corrected chi connectivity index (χ3v) is 7.78. The van der Waals surface area contributed by atoms with Gasteiger partial charge >= 0.3 is 0 Å². The molecule has 0 aromatic heterocycles. The van der Waals surface area contributed by atoms with Crippen LogP contribution in [0.25, 0.3) is 6.08 Å². The third-order valence-electron chi connectivity index (χ3n) is 6.55. The first-order chi connectivity index (χ1) is 16.0. The van der Waals surface area contributed by atoms with Gasteiger partial charge in [0.15, 0.2) is 0 Å². The molecule has 6 nitrogen and oxygen atoms in total. The summed E-state index contributed by atoms with van der Waals surface area (Å²) < 4.78 is 0. The number of rotatable bonds is 4. The normalized spacial score (nSPS) is 20.6. The molecule has 2 aromatic rings. The second kappa shape index (κ2) is 9.12. The highest BCUT2D eigenvalue weighted by atomic mass is 35.5. The average molecular weight is 498 g/mol. The highest BCUT2D eigenvalue weighted by molar-refractivity contribution is 8.18. The Morgan fingerprint density at radius 1 is 1.24 bits per heavy atom. The summed E-state index contributed by atoms with van der Waals surface area (Å²) in [5, 5.41) is 2.76. The molecule has 8 heteroatoms. The number of hydrogen-bond acceptors (Lipinski definition) is 5. The first-order valence-corrected chi connectivity index (χ1v) is 12.3. The zero-order valence-electron chi connectivity index (χ0n) is 19.9. The van der Waals surface area contributed by atoms with E-state index in [2.05, 4.69) is 38.0 Å². The number of nitrogens with zero attached hydrogens (tertiary/aromatic N) is 2. The van der Waals surface area contributed by atoms with Crippen LogP contribution in [0.15, 0.2) is 41.3 Å². The Bertz CT molecular complexity index is 1210. The van der Waals surface area contributed by atoms with E-state index in [-0.39, 0.29) is 17.0 Å². The van der Waals surface area contributed by atoms with Gasteiger partial charge in [-0.15, -0.1) is 0 Å². The Labute approximate surface area is 209 Å². The van der Waals surface area contributed by atoms with Gasteiger partial charge in [-0.25, -0.2) is 0 Å². The standard InChI is InChI=1S/C26H28ClN3O3S/c1-15-6-8-18(9-7-15)28-23(31)14-30-24(32)22(34-25(30)33)11-17-10-19-16(2)13-26(3,4)29(5)21(19)12-20(17)27/h6-12,16H,13-14H2,1-5H3,(H,28,31)/b22-11-/t16-/m0/s1. The molecule has 1 fully saturated rings. The van der Waals surface area contributed by atoms with Gasteiger partial charge in [-0.1, -0.05) is 36.2 Å². The number of fused-ring (bicyclic) bond motifs is 1. The molecule has 0 unspecified atom stereocenters. The summed E-state index contributed by atoms with van der Waals surface area (Å²) in [6, 6.07) is 11.2. The van der Waals surface area contributed by atoms with E-state index in [4.69, 9.17) is 11.6 Å². The number of hydrogen-bond donors (Lipinski definition) is 1. The van der Waals surface area contributed by atoms with Gasteiger partial charge in [-0.05, 0) is 86.3 Å². The maximum atomic E-state index is 12.9. The van der Waals surface area contributed by atoms with Crippen molar-refractivity contribution in [1.29, 1.82) is 0 Å². The van der Waals surface area contributed by atoms with Gasteiger partial charge < -0.3 is 10.2 Å². The lowest BCUT2D eigenvalue weighted by molar-refractivity contribution is -0.127. The van der Waals surface area contributed by atoms with Crippen LogP contribution in [-0.4, -0.2) is 41.1 Å². The summed E-state index contributed by atoms with van der Waals surface area (Å²) in [4.78, 5) is 41.3. The Morgan fingerprint density at radius 2 is 1.91 bits per heavy atom. The van der Waals surface area contributed by atoms with Crippen molar-refractivity contribution < 1.29 is 14.4 Å². The molecule has 0 saturated carbocycles. The topological polar surface area (TPSA) is 69.7 Å². The largest absolute Gasteiger partial charge is 0.369 e. The van der Waals surface area contributed by atoms with Crippen molar-refractivity contribution in [3.63, 3.8) is 0 Å². The molecule has 0 bridgehead atoms. The molecule has 2 heterocycles. The lowest BCUT2D eigenvalue weighted by Gasteiger charge is -2.45. The molecule has 178 valence electrons. The highest BCUT2D eigenvalue weighted by Crippen LogP contribution is 2.45. The second-order valence-corrected chi connectivity index (χ2v) is 11.0. The fourth-order valence-electron chi connectivity index (χ4n) is 4.47. The van der Waals surface area contributed by atoms with Gasteiger partial charge in [-0.2, -0.15) is 0 Å². The Balaban J connectivity index is 1.54. The van der Waals surface area contributed by atoms with Crippen LogP contribution in [0.3, 0.4) is 0 Å². The molecule has 3 amide bonds. The predicted molar refractivity (Wildman–Crippen MR) is 139 cm³/mol. The highest BCUT2D eigenvalue weighted by Gasteiger charge is 2.37. The Morgan fingerprint density at radius 3 is 2.59 bits per heavy atom. The number of carbonyl (C=O) groups excluding carboxylic acids is 3. The van der Waals surface area contributed by atoms with E-state index in [1.807, 2.05) is 31.2 Å². The van der Waals surface area contributed by atoms with Gasteiger partial charge in [0.2, 0.25) is 5.91 Å². The number of halogens is 1. The van der Waals surface area contributed by atoms with E-state index in [0.29, 0.717) is 22.2 Å². The van der Waals surface area contributed by atoms with E-state index >= 15 is 0 Å². The van der Waals surface area contributed by atoms with Crippen molar-refractivity contribution in [3.8, 4) is 0 Å². The van der Waals surface area contributed by atoms with Crippen LogP contribution < -0.4 is 10.2 Å². The molecule has 0 aliphatic carbocycles. The zero-order chi connectivity index (χ0) is 24.8. The maximum absolute atomic E-state index is 12.9. The molecule has 34 heavy (non-hydrogen) atoms. The van der Waals surface area contributed by atoms with E-state index in [1.54, 1.807) is 18.2 Å². The first-order valence-electron chi connectivity index (χ1n) is 11.2. The van der Waals surface area contributed by atoms with Gasteiger partial charge in [0.05, 0.1) is 4.91 Å². The molecule has 0 spiro atoms. The number of thioether (sulfide) groups is 1. The minimum Gasteiger partial charge on any atom is -0.369 e. The summed E-state index contributed by atoms with van der Waals surface area (Å²) in [6.07, 6.45) is 2.64. The minimum absolute atomic E-state index is 0.0130. The van der Waals surface area contributed by atoms with E-state index in [0.717, 1.165) is 39.9 Å². The summed E-state index contributed by atoms with van der Waals surface area (Å²) in [5.41, 5.74) is 4.62. The predicted octanol–water partition coefficient (Wildman–Crippen LogP) is 6.05. The molecule has 1 atom stereocenters. The molecule has 1 N–H and O–H groups in total. The van der Waals surface area contributed by atoms with Crippen molar-refractivity contribution in [1.82, 2.24) is 4.90 Å². The smallest absolute Gasteiger partial charge is 0.294 e. The van der Waals surface area contributed by atoms with Crippen LogP contribution in [0, 0.1) is 6.92 Å². The average Bonchev–Trinajstić information content (AvgIpc) is 3.02. The fraction of sp³-hybridized carbons (Fsp3) is 0.346. The second-order valence-electron chi connectivity index (χ2n) is 9.59. The third kappa shape index (κ3) is 4.72. The number of aryl methyl sites for hydroxylation is 1. The number of carbonyl (C=O) groups is 3. The molecule has 4 rings (SSSR count). The fourth-order valence-corrected chi connectivity index (χ4v) is 5.52. The van der Waals surface area contributed by atoms with Crippen LogP contribution in [0.4, 0.5) is 16.2 Å². The van der Waals surface area contributed by atoms with Crippen LogP contribution in [-0.2, 0) is 9.59 Å². The van der Waals surface area contributed by atoms with Crippen molar-refractivity contribution in [2.45, 2.75) is 45.6 Å². The number of anilines is 2. The molecule has 1 saturated heterocycles. The SMILES string of the molecule is Cc1ccc(NC(=O)CN2C(=O)S/C(=C\c3cc4c(cc3Cl)N(C)C(C)(C)C[C@@H]4C)C2=O)cc1. The van der Waals surface area contributed by atoms with Gasteiger partial charge in [0.25, 0.3) is 11.1 Å². The number of imide groups is 1. The monoisotopic (exact) mass is 497 g/mol. The van der Waals surface area contributed by atoms with Crippen molar-refractivity contribution in [2.24, 2.45) is 0 Å². The lowest BCUT2D eigenvalue weighted by Crippen LogP contribution is -2.45. The van der Waals surface area contributed by atoms with Crippen LogP contribution in [0.2, 0.25) is 5.02 Å². The number of amides is 3. The molecule has 2 aliphatic rings. The van der Waals surface area contributed by atoms with Crippen LogP contribution >= 0.6 is 23.4 Å². The van der Waals surface area contributed by atoms with Gasteiger partial charge in [0.1, 0.15) is 6.54 Å². The Kier molecular flexibility index (Phi) is 6.53. The molecular formula is C26H28ClN3O3S. The van der Waals surface area contributed by atoms with Crippen molar-refractivity contribution >= 4 is 57.9 Å². The maximum Gasteiger partial charge on any atom is 0.294 e. The molecular weight excluding hydrogens is 470 g/mol. The number of benzene rings is 2. The van der Waals surface area contributed by atoms with Crippen LogP contribution in [0.1, 0.15) is 49.8 Å². The zero-order valence-corrected chi connectivity index (χ0v) is 21.5. The van der Waals surface area contributed by atoms with Crippen molar-refractivity contribution in [3.05, 3.63) is 63.0 Å².